The van der Waals surface area contributed by atoms with Gasteiger partial charge in [-0.3, -0.25) is 0 Å². The van der Waals surface area contributed by atoms with Gasteiger partial charge in [-0.1, -0.05) is 55.8 Å². The van der Waals surface area contributed by atoms with Gasteiger partial charge in [-0.05, 0) is 36.1 Å². The summed E-state index contributed by atoms with van der Waals surface area (Å²) >= 11 is 3.45. The summed E-state index contributed by atoms with van der Waals surface area (Å²) in [5.74, 6) is 1.20. The lowest BCUT2D eigenvalue weighted by Crippen LogP contribution is -2.34. The van der Waals surface area contributed by atoms with E-state index in [1.54, 1.807) is 0 Å². The molecule has 0 aliphatic carbocycles. The van der Waals surface area contributed by atoms with Gasteiger partial charge in [0.05, 0.1) is 12.7 Å². The van der Waals surface area contributed by atoms with E-state index in [2.05, 4.69) is 73.2 Å². The summed E-state index contributed by atoms with van der Waals surface area (Å²) in [4.78, 5) is 0. The molecule has 19 heavy (non-hydrogen) atoms. The maximum atomic E-state index is 6.03. The molecule has 0 saturated carbocycles. The molecule has 3 heteroatoms. The van der Waals surface area contributed by atoms with E-state index in [9.17, 15) is 0 Å². The number of hydrogen-bond acceptors (Lipinski definition) is 2. The largest absolute Gasteiger partial charge is 0.372 e. The Labute approximate surface area is 126 Å². The van der Waals surface area contributed by atoms with E-state index in [4.69, 9.17) is 4.74 Å². The molecule has 0 fully saturated rings. The molecule has 108 valence electrons. The van der Waals surface area contributed by atoms with E-state index in [-0.39, 0.29) is 6.10 Å². The van der Waals surface area contributed by atoms with Gasteiger partial charge < -0.3 is 10.1 Å². The molecule has 0 amide bonds. The van der Waals surface area contributed by atoms with Gasteiger partial charge in [-0.2, -0.15) is 0 Å². The fourth-order valence-electron chi connectivity index (χ4n) is 1.79. The number of hydrogen-bond donors (Lipinski definition) is 1. The number of rotatable bonds is 8. The van der Waals surface area contributed by atoms with E-state index in [1.165, 1.54) is 5.56 Å². The average molecular weight is 328 g/mol. The van der Waals surface area contributed by atoms with E-state index < -0.39 is 0 Å². The van der Waals surface area contributed by atoms with E-state index >= 15 is 0 Å². The molecule has 0 aliphatic heterocycles. The van der Waals surface area contributed by atoms with Crippen molar-refractivity contribution in [3.8, 4) is 0 Å². The van der Waals surface area contributed by atoms with Crippen molar-refractivity contribution in [2.45, 2.75) is 40.4 Å². The molecule has 0 radical (unpaired) electrons. The Morgan fingerprint density at radius 1 is 1.05 bits per heavy atom. The first-order valence-corrected chi connectivity index (χ1v) is 7.85. The normalized spacial score (nSPS) is 13.2. The highest BCUT2D eigenvalue weighted by Gasteiger charge is 2.13. The zero-order valence-electron chi connectivity index (χ0n) is 12.4. The fourth-order valence-corrected chi connectivity index (χ4v) is 2.05. The summed E-state index contributed by atoms with van der Waals surface area (Å²) in [6, 6.07) is 8.31. The van der Waals surface area contributed by atoms with Crippen LogP contribution in [0.3, 0.4) is 0 Å². The molecule has 0 heterocycles. The Bertz CT molecular complexity index is 348. The van der Waals surface area contributed by atoms with Gasteiger partial charge in [-0.15, -0.1) is 0 Å². The van der Waals surface area contributed by atoms with Crippen LogP contribution in [0, 0.1) is 11.8 Å². The van der Waals surface area contributed by atoms with Gasteiger partial charge in [0, 0.05) is 11.0 Å². The van der Waals surface area contributed by atoms with Crippen LogP contribution in [0.1, 0.15) is 33.3 Å². The SMILES string of the molecule is CC(C)CNCC(OCc1ccc(Br)cc1)C(C)C. The van der Waals surface area contributed by atoms with E-state index in [0.717, 1.165) is 17.6 Å². The molecular formula is C16H26BrNO. The Balaban J connectivity index is 2.38. The van der Waals surface area contributed by atoms with Crippen molar-refractivity contribution in [1.82, 2.24) is 5.32 Å². The molecule has 0 aromatic heterocycles. The Kier molecular flexibility index (Phi) is 7.66. The smallest absolute Gasteiger partial charge is 0.0726 e. The van der Waals surface area contributed by atoms with Gasteiger partial charge in [-0.25, -0.2) is 0 Å². The van der Waals surface area contributed by atoms with Crippen molar-refractivity contribution < 1.29 is 4.74 Å². The fraction of sp³-hybridized carbons (Fsp3) is 0.625. The van der Waals surface area contributed by atoms with E-state index in [0.29, 0.717) is 18.4 Å². The maximum absolute atomic E-state index is 6.03. The summed E-state index contributed by atoms with van der Waals surface area (Å²) < 4.78 is 7.14. The first kappa shape index (κ1) is 16.7. The van der Waals surface area contributed by atoms with Crippen molar-refractivity contribution in [2.24, 2.45) is 11.8 Å². The van der Waals surface area contributed by atoms with Crippen LogP contribution in [0.25, 0.3) is 0 Å². The maximum Gasteiger partial charge on any atom is 0.0726 e. The van der Waals surface area contributed by atoms with Gasteiger partial charge in [0.2, 0.25) is 0 Å². The lowest BCUT2D eigenvalue weighted by molar-refractivity contribution is 0.0111. The zero-order chi connectivity index (χ0) is 14.3. The van der Waals surface area contributed by atoms with Crippen molar-refractivity contribution in [3.63, 3.8) is 0 Å². The molecule has 1 rings (SSSR count). The molecule has 1 unspecified atom stereocenters. The number of benzene rings is 1. The molecule has 0 aliphatic rings. The molecule has 0 saturated heterocycles. The standard InChI is InChI=1S/C16H26BrNO/c1-12(2)9-18-10-16(13(3)4)19-11-14-5-7-15(17)8-6-14/h5-8,12-13,16,18H,9-11H2,1-4H3. The van der Waals surface area contributed by atoms with Crippen molar-refractivity contribution in [3.05, 3.63) is 34.3 Å². The summed E-state index contributed by atoms with van der Waals surface area (Å²) in [6.45, 7) is 11.5. The second kappa shape index (κ2) is 8.72. The molecular weight excluding hydrogens is 302 g/mol. The minimum atomic E-state index is 0.266. The van der Waals surface area contributed by atoms with Crippen LogP contribution in [0.15, 0.2) is 28.7 Å². The first-order chi connectivity index (χ1) is 8.99. The third-order valence-electron chi connectivity index (χ3n) is 3.02. The molecule has 0 spiro atoms. The molecule has 1 aromatic rings. The lowest BCUT2D eigenvalue weighted by Gasteiger charge is -2.22. The zero-order valence-corrected chi connectivity index (χ0v) is 14.0. The van der Waals surface area contributed by atoms with Crippen LogP contribution in [0.4, 0.5) is 0 Å². The third-order valence-corrected chi connectivity index (χ3v) is 3.55. The van der Waals surface area contributed by atoms with Gasteiger partial charge in [0.1, 0.15) is 0 Å². The van der Waals surface area contributed by atoms with Crippen LogP contribution in [0.2, 0.25) is 0 Å². The molecule has 0 bridgehead atoms. The molecule has 1 aromatic carbocycles. The van der Waals surface area contributed by atoms with Crippen molar-refractivity contribution in [2.75, 3.05) is 13.1 Å². The van der Waals surface area contributed by atoms with Crippen LogP contribution < -0.4 is 5.32 Å². The van der Waals surface area contributed by atoms with E-state index in [1.807, 2.05) is 0 Å². The number of halogens is 1. The molecule has 2 nitrogen and oxygen atoms in total. The predicted molar refractivity (Wildman–Crippen MR) is 85.3 cm³/mol. The Morgan fingerprint density at radius 2 is 1.68 bits per heavy atom. The van der Waals surface area contributed by atoms with Gasteiger partial charge in [0.25, 0.3) is 0 Å². The highest BCUT2D eigenvalue weighted by molar-refractivity contribution is 9.10. The minimum absolute atomic E-state index is 0.266. The number of ether oxygens (including phenoxy) is 1. The Morgan fingerprint density at radius 3 is 2.21 bits per heavy atom. The van der Waals surface area contributed by atoms with Crippen molar-refractivity contribution >= 4 is 15.9 Å². The van der Waals surface area contributed by atoms with Gasteiger partial charge >= 0.3 is 0 Å². The predicted octanol–water partition coefficient (Wildman–Crippen LogP) is 4.24. The van der Waals surface area contributed by atoms with Crippen LogP contribution in [-0.2, 0) is 11.3 Å². The van der Waals surface area contributed by atoms with Crippen LogP contribution in [-0.4, -0.2) is 19.2 Å². The Hall–Kier alpha value is -0.380. The van der Waals surface area contributed by atoms with Crippen molar-refractivity contribution in [1.29, 1.82) is 0 Å². The van der Waals surface area contributed by atoms with Crippen LogP contribution >= 0.6 is 15.9 Å². The number of nitrogens with one attached hydrogen (secondary N) is 1. The molecule has 1 N–H and O–H groups in total. The first-order valence-electron chi connectivity index (χ1n) is 7.05. The summed E-state index contributed by atoms with van der Waals surface area (Å²) in [5, 5.41) is 3.48. The highest BCUT2D eigenvalue weighted by atomic mass is 79.9. The lowest BCUT2D eigenvalue weighted by atomic mass is 10.1. The molecule has 1 atom stereocenters. The average Bonchev–Trinajstić information content (AvgIpc) is 2.34. The van der Waals surface area contributed by atoms with Gasteiger partial charge in [0.15, 0.2) is 0 Å². The second-order valence-electron chi connectivity index (χ2n) is 5.77. The quantitative estimate of drug-likeness (QED) is 0.771. The minimum Gasteiger partial charge on any atom is -0.372 e. The topological polar surface area (TPSA) is 21.3 Å². The monoisotopic (exact) mass is 327 g/mol. The highest BCUT2D eigenvalue weighted by Crippen LogP contribution is 2.13. The third kappa shape index (κ3) is 7.09. The summed E-state index contributed by atoms with van der Waals surface area (Å²) in [5.41, 5.74) is 1.22. The summed E-state index contributed by atoms with van der Waals surface area (Å²) in [6.07, 6.45) is 0.266. The van der Waals surface area contributed by atoms with Crippen LogP contribution in [0.5, 0.6) is 0 Å². The second-order valence-corrected chi connectivity index (χ2v) is 6.69. The summed E-state index contributed by atoms with van der Waals surface area (Å²) in [7, 11) is 0.